The first-order valence-corrected chi connectivity index (χ1v) is 6.26. The molecule has 2 aromatic carbocycles. The Kier molecular flexibility index (Phi) is 2.88. The maximum Gasteiger partial charge on any atom is 0.357 e. The predicted molar refractivity (Wildman–Crippen MR) is 75.2 cm³/mol. The van der Waals surface area contributed by atoms with Crippen LogP contribution in [0.4, 0.5) is 0 Å². The number of hydrogen-bond donors (Lipinski definition) is 0. The number of rotatable bonds is 2. The normalized spacial score (nSPS) is 10.8. The molecule has 0 bridgehead atoms. The number of aromatic nitrogens is 1. The van der Waals surface area contributed by atoms with E-state index >= 15 is 0 Å². The maximum atomic E-state index is 12.0. The lowest BCUT2D eigenvalue weighted by atomic mass is 10.0. The quantitative estimate of drug-likeness (QED) is 0.516. The maximum absolute atomic E-state index is 12.0. The summed E-state index contributed by atoms with van der Waals surface area (Å²) in [6.45, 7) is 2.14. The summed E-state index contributed by atoms with van der Waals surface area (Å²) in [7, 11) is 0. The van der Waals surface area contributed by atoms with Crippen LogP contribution in [0.15, 0.2) is 48.5 Å². The summed E-state index contributed by atoms with van der Waals surface area (Å²) in [6, 6.07) is 15.6. The fourth-order valence-corrected chi connectivity index (χ4v) is 2.26. The Hall–Kier alpha value is -2.42. The highest BCUT2D eigenvalue weighted by Gasteiger charge is 2.15. The highest BCUT2D eigenvalue weighted by molar-refractivity contribution is 6.13. The van der Waals surface area contributed by atoms with Crippen LogP contribution in [0.3, 0.4) is 0 Å². The minimum absolute atomic E-state index is 0.349. The minimum Gasteiger partial charge on any atom is -0.461 e. The van der Waals surface area contributed by atoms with E-state index in [0.29, 0.717) is 12.3 Å². The van der Waals surface area contributed by atoms with E-state index in [9.17, 15) is 4.79 Å². The molecule has 0 fully saturated rings. The predicted octanol–water partition coefficient (Wildman–Crippen LogP) is 3.56. The Labute approximate surface area is 110 Å². The lowest BCUT2D eigenvalue weighted by Gasteiger charge is -2.08. The molecule has 0 saturated heterocycles. The largest absolute Gasteiger partial charge is 0.461 e. The molecule has 19 heavy (non-hydrogen) atoms. The zero-order chi connectivity index (χ0) is 13.2. The van der Waals surface area contributed by atoms with E-state index in [-0.39, 0.29) is 5.97 Å². The Morgan fingerprint density at radius 3 is 2.37 bits per heavy atom. The highest BCUT2D eigenvalue weighted by atomic mass is 16.5. The Morgan fingerprint density at radius 1 is 1.00 bits per heavy atom. The van der Waals surface area contributed by atoms with Gasteiger partial charge in [0.1, 0.15) is 0 Å². The van der Waals surface area contributed by atoms with Crippen LogP contribution in [0.5, 0.6) is 0 Å². The minimum atomic E-state index is -0.371. The highest BCUT2D eigenvalue weighted by Crippen LogP contribution is 2.26. The number of fused-ring (bicyclic) bond motifs is 3. The van der Waals surface area contributed by atoms with Gasteiger partial charge in [-0.05, 0) is 18.4 Å². The third-order valence-electron chi connectivity index (χ3n) is 3.08. The van der Waals surface area contributed by atoms with E-state index in [1.165, 1.54) is 0 Å². The lowest BCUT2D eigenvalue weighted by Crippen LogP contribution is -2.08. The summed E-state index contributed by atoms with van der Waals surface area (Å²) >= 11 is 0. The van der Waals surface area contributed by atoms with E-state index in [2.05, 4.69) is 4.98 Å². The number of benzene rings is 2. The van der Waals surface area contributed by atoms with Crippen molar-refractivity contribution in [1.82, 2.24) is 4.98 Å². The van der Waals surface area contributed by atoms with Crippen LogP contribution >= 0.6 is 0 Å². The third-order valence-corrected chi connectivity index (χ3v) is 3.08. The first-order chi connectivity index (χ1) is 9.31. The van der Waals surface area contributed by atoms with E-state index in [0.717, 1.165) is 21.7 Å². The molecular weight excluding hydrogens is 238 g/mol. The fraction of sp³-hybridized carbons (Fsp3) is 0.125. The Balaban J connectivity index is 2.39. The molecule has 0 atom stereocenters. The summed E-state index contributed by atoms with van der Waals surface area (Å²) in [4.78, 5) is 16.5. The second-order valence-electron chi connectivity index (χ2n) is 4.24. The van der Waals surface area contributed by atoms with E-state index in [1.54, 1.807) is 6.92 Å². The molecule has 0 amide bonds. The first-order valence-electron chi connectivity index (χ1n) is 6.26. The van der Waals surface area contributed by atoms with Crippen molar-refractivity contribution in [3.05, 3.63) is 54.2 Å². The third kappa shape index (κ3) is 1.93. The SMILES string of the molecule is CCOC(=O)c1nc2ccccc2c2ccccc12. The monoisotopic (exact) mass is 251 g/mol. The molecule has 3 aromatic rings. The smallest absolute Gasteiger partial charge is 0.357 e. The van der Waals surface area contributed by atoms with Gasteiger partial charge < -0.3 is 4.74 Å². The van der Waals surface area contributed by atoms with Crippen LogP contribution in [-0.2, 0) is 4.74 Å². The molecule has 0 unspecified atom stereocenters. The topological polar surface area (TPSA) is 39.2 Å². The second kappa shape index (κ2) is 4.69. The standard InChI is InChI=1S/C16H13NO2/c1-2-19-16(18)15-13-9-4-3-7-11(13)12-8-5-6-10-14(12)17-15/h3-10H,2H2,1H3. The van der Waals surface area contributed by atoms with E-state index in [4.69, 9.17) is 4.74 Å². The average molecular weight is 251 g/mol. The number of esters is 1. The second-order valence-corrected chi connectivity index (χ2v) is 4.24. The Morgan fingerprint density at radius 2 is 1.63 bits per heavy atom. The molecule has 0 N–H and O–H groups in total. The number of carbonyl (C=O) groups excluding carboxylic acids is 1. The molecule has 3 rings (SSSR count). The number of pyridine rings is 1. The number of ether oxygens (including phenoxy) is 1. The molecule has 0 aliphatic carbocycles. The van der Waals surface area contributed by atoms with Gasteiger partial charge in [-0.2, -0.15) is 0 Å². The van der Waals surface area contributed by atoms with Crippen molar-refractivity contribution >= 4 is 27.6 Å². The number of para-hydroxylation sites is 1. The Bertz CT molecular complexity index is 765. The van der Waals surface area contributed by atoms with Gasteiger partial charge in [-0.3, -0.25) is 0 Å². The summed E-state index contributed by atoms with van der Waals surface area (Å²) in [5.41, 5.74) is 1.19. The van der Waals surface area contributed by atoms with Crippen molar-refractivity contribution in [1.29, 1.82) is 0 Å². The summed E-state index contributed by atoms with van der Waals surface area (Å²) in [5, 5.41) is 2.90. The number of hydrogen-bond acceptors (Lipinski definition) is 3. The number of nitrogens with zero attached hydrogens (tertiary/aromatic N) is 1. The summed E-state index contributed by atoms with van der Waals surface area (Å²) < 4.78 is 5.08. The summed E-state index contributed by atoms with van der Waals surface area (Å²) in [5.74, 6) is -0.371. The van der Waals surface area contributed by atoms with Gasteiger partial charge in [0, 0.05) is 10.8 Å². The van der Waals surface area contributed by atoms with Gasteiger partial charge in [-0.15, -0.1) is 0 Å². The van der Waals surface area contributed by atoms with Gasteiger partial charge in [0.15, 0.2) is 5.69 Å². The zero-order valence-corrected chi connectivity index (χ0v) is 10.6. The van der Waals surface area contributed by atoms with Gasteiger partial charge in [0.25, 0.3) is 0 Å². The van der Waals surface area contributed by atoms with Crippen LogP contribution < -0.4 is 0 Å². The van der Waals surface area contributed by atoms with Crippen molar-refractivity contribution in [2.45, 2.75) is 6.92 Å². The van der Waals surface area contributed by atoms with Crippen molar-refractivity contribution in [3.8, 4) is 0 Å². The van der Waals surface area contributed by atoms with Crippen LogP contribution in [0.25, 0.3) is 21.7 Å². The average Bonchev–Trinajstić information content (AvgIpc) is 2.46. The molecule has 94 valence electrons. The van der Waals surface area contributed by atoms with E-state index in [1.807, 2.05) is 48.5 Å². The van der Waals surface area contributed by atoms with Gasteiger partial charge in [-0.1, -0.05) is 42.5 Å². The molecule has 0 radical (unpaired) electrons. The van der Waals surface area contributed by atoms with Crippen LogP contribution in [0, 0.1) is 0 Å². The zero-order valence-electron chi connectivity index (χ0n) is 10.6. The van der Waals surface area contributed by atoms with Crippen molar-refractivity contribution in [2.24, 2.45) is 0 Å². The van der Waals surface area contributed by atoms with Gasteiger partial charge >= 0.3 is 5.97 Å². The van der Waals surface area contributed by atoms with E-state index < -0.39 is 0 Å². The molecule has 3 nitrogen and oxygen atoms in total. The first kappa shape index (κ1) is 11.7. The molecule has 0 aliphatic rings. The molecule has 0 aliphatic heterocycles. The van der Waals surface area contributed by atoms with Crippen LogP contribution in [0.2, 0.25) is 0 Å². The lowest BCUT2D eigenvalue weighted by molar-refractivity contribution is 0.0522. The molecule has 1 aromatic heterocycles. The van der Waals surface area contributed by atoms with Gasteiger partial charge in [-0.25, -0.2) is 9.78 Å². The van der Waals surface area contributed by atoms with Crippen LogP contribution in [-0.4, -0.2) is 17.6 Å². The molecule has 1 heterocycles. The fourth-order valence-electron chi connectivity index (χ4n) is 2.26. The molecule has 3 heteroatoms. The molecule has 0 saturated carbocycles. The van der Waals surface area contributed by atoms with Crippen molar-refractivity contribution < 1.29 is 9.53 Å². The summed E-state index contributed by atoms with van der Waals surface area (Å²) in [6.07, 6.45) is 0. The number of carbonyl (C=O) groups is 1. The van der Waals surface area contributed by atoms with Gasteiger partial charge in [0.2, 0.25) is 0 Å². The van der Waals surface area contributed by atoms with Gasteiger partial charge in [0.05, 0.1) is 12.1 Å². The van der Waals surface area contributed by atoms with Crippen LogP contribution in [0.1, 0.15) is 17.4 Å². The molecule has 0 spiro atoms. The molecular formula is C16H13NO2. The van der Waals surface area contributed by atoms with Crippen molar-refractivity contribution in [2.75, 3.05) is 6.61 Å². The van der Waals surface area contributed by atoms with Crippen molar-refractivity contribution in [3.63, 3.8) is 0 Å².